The van der Waals surface area contributed by atoms with Crippen LogP contribution < -0.4 is 5.32 Å². The minimum atomic E-state index is 0.00471. The molecule has 1 saturated heterocycles. The lowest BCUT2D eigenvalue weighted by molar-refractivity contribution is -0.138. The Morgan fingerprint density at radius 2 is 2.00 bits per heavy atom. The molecule has 0 saturated carbocycles. The van der Waals surface area contributed by atoms with Crippen LogP contribution in [0, 0.1) is 0 Å². The van der Waals surface area contributed by atoms with Crippen molar-refractivity contribution >= 4 is 11.5 Å². The highest BCUT2D eigenvalue weighted by atomic mass is 16.5. The zero-order valence-corrected chi connectivity index (χ0v) is 17.4. The Morgan fingerprint density at radius 3 is 2.57 bits per heavy atom. The molecule has 1 fully saturated rings. The maximum Gasteiger partial charge on any atom is 0.248 e. The highest BCUT2D eigenvalue weighted by Gasteiger charge is 2.42. The summed E-state index contributed by atoms with van der Waals surface area (Å²) in [4.78, 5) is 14.3. The first-order chi connectivity index (χ1) is 13.5. The standard InChI is InChI=1S/C23H34N2O3/c1-16(2)25(22(27)15-28-3)13-20-23(21(14-26)24-20)19-11-9-18(10-12-19)17-7-5-4-6-8-17/h7,9-12,16,20-21,23-24,26H,4-6,8,13-15H2,1-3H3/t20-,21-,23+/m0/s1. The second-order valence-corrected chi connectivity index (χ2v) is 8.26. The van der Waals surface area contributed by atoms with Gasteiger partial charge < -0.3 is 20.1 Å². The Morgan fingerprint density at radius 1 is 1.25 bits per heavy atom. The van der Waals surface area contributed by atoms with E-state index in [9.17, 15) is 9.90 Å². The van der Waals surface area contributed by atoms with Crippen molar-refractivity contribution in [3.63, 3.8) is 0 Å². The van der Waals surface area contributed by atoms with E-state index >= 15 is 0 Å². The number of carbonyl (C=O) groups is 1. The third-order valence-corrected chi connectivity index (χ3v) is 6.05. The van der Waals surface area contributed by atoms with E-state index in [1.54, 1.807) is 7.11 Å². The lowest BCUT2D eigenvalue weighted by Gasteiger charge is -2.48. The SMILES string of the molecule is COCC(=O)N(C[C@@H]1N[C@@H](CO)[C@@H]1c1ccc(C2=CCCCC2)cc1)C(C)C. The molecule has 1 aromatic carbocycles. The van der Waals surface area contributed by atoms with Gasteiger partial charge in [-0.3, -0.25) is 4.79 Å². The first kappa shape index (κ1) is 21.0. The number of hydrogen-bond acceptors (Lipinski definition) is 4. The summed E-state index contributed by atoms with van der Waals surface area (Å²) in [6.45, 7) is 4.87. The van der Waals surface area contributed by atoms with Crippen LogP contribution in [-0.4, -0.2) is 60.9 Å². The number of hydrogen-bond donors (Lipinski definition) is 2. The van der Waals surface area contributed by atoms with Crippen LogP contribution in [0.1, 0.15) is 56.6 Å². The molecule has 2 N–H and O–H groups in total. The number of benzene rings is 1. The topological polar surface area (TPSA) is 61.8 Å². The van der Waals surface area contributed by atoms with Gasteiger partial charge in [0.1, 0.15) is 6.61 Å². The van der Waals surface area contributed by atoms with Crippen molar-refractivity contribution in [2.45, 2.75) is 63.6 Å². The number of amides is 1. The van der Waals surface area contributed by atoms with Crippen molar-refractivity contribution in [3.8, 4) is 0 Å². The van der Waals surface area contributed by atoms with Crippen LogP contribution in [0.15, 0.2) is 30.3 Å². The number of carbonyl (C=O) groups excluding carboxylic acids is 1. The summed E-state index contributed by atoms with van der Waals surface area (Å²) in [7, 11) is 1.55. The summed E-state index contributed by atoms with van der Waals surface area (Å²) in [5, 5.41) is 13.2. The third kappa shape index (κ3) is 4.65. The number of methoxy groups -OCH3 is 1. The second kappa shape index (κ2) is 9.68. The molecule has 3 atom stereocenters. The maximum absolute atomic E-state index is 12.4. The predicted molar refractivity (Wildman–Crippen MR) is 112 cm³/mol. The van der Waals surface area contributed by atoms with Gasteiger partial charge in [0.25, 0.3) is 0 Å². The van der Waals surface area contributed by atoms with Gasteiger partial charge in [-0.25, -0.2) is 0 Å². The van der Waals surface area contributed by atoms with E-state index in [-0.39, 0.29) is 43.2 Å². The van der Waals surface area contributed by atoms with Gasteiger partial charge in [-0.05, 0) is 56.2 Å². The summed E-state index contributed by atoms with van der Waals surface area (Å²) >= 11 is 0. The summed E-state index contributed by atoms with van der Waals surface area (Å²) in [5.74, 6) is 0.209. The molecule has 5 nitrogen and oxygen atoms in total. The quantitative estimate of drug-likeness (QED) is 0.721. The molecule has 1 amide bonds. The first-order valence-corrected chi connectivity index (χ1v) is 10.5. The van der Waals surface area contributed by atoms with Crippen molar-refractivity contribution in [1.29, 1.82) is 0 Å². The van der Waals surface area contributed by atoms with E-state index < -0.39 is 0 Å². The van der Waals surface area contributed by atoms with Crippen molar-refractivity contribution in [2.75, 3.05) is 26.9 Å². The Hall–Kier alpha value is -1.69. The molecule has 28 heavy (non-hydrogen) atoms. The summed E-state index contributed by atoms with van der Waals surface area (Å²) in [6, 6.07) is 9.11. The van der Waals surface area contributed by atoms with Gasteiger partial charge in [-0.2, -0.15) is 0 Å². The number of rotatable bonds is 8. The molecular formula is C23H34N2O3. The van der Waals surface area contributed by atoms with Gasteiger partial charge >= 0.3 is 0 Å². The van der Waals surface area contributed by atoms with Gasteiger partial charge in [-0.1, -0.05) is 30.3 Å². The van der Waals surface area contributed by atoms with Crippen LogP contribution in [0.2, 0.25) is 0 Å². The van der Waals surface area contributed by atoms with Gasteiger partial charge in [0.15, 0.2) is 0 Å². The molecule has 5 heteroatoms. The molecule has 0 unspecified atom stereocenters. The van der Waals surface area contributed by atoms with Gasteiger partial charge in [0.05, 0.1) is 6.61 Å². The minimum absolute atomic E-state index is 0.00471. The lowest BCUT2D eigenvalue weighted by Crippen LogP contribution is -2.65. The van der Waals surface area contributed by atoms with Crippen molar-refractivity contribution in [3.05, 3.63) is 41.5 Å². The molecule has 3 rings (SSSR count). The molecule has 1 aliphatic carbocycles. The molecule has 154 valence electrons. The fourth-order valence-electron chi connectivity index (χ4n) is 4.48. The Kier molecular flexibility index (Phi) is 7.27. The summed E-state index contributed by atoms with van der Waals surface area (Å²) in [5.41, 5.74) is 3.99. The molecule has 0 aromatic heterocycles. The Balaban J connectivity index is 1.72. The molecule has 2 aliphatic rings. The van der Waals surface area contributed by atoms with Crippen LogP contribution in [-0.2, 0) is 9.53 Å². The average Bonchev–Trinajstić information content (AvgIpc) is 2.68. The highest BCUT2D eigenvalue weighted by Crippen LogP contribution is 2.34. The van der Waals surface area contributed by atoms with Gasteiger partial charge in [0.2, 0.25) is 5.91 Å². The monoisotopic (exact) mass is 386 g/mol. The molecule has 1 heterocycles. The van der Waals surface area contributed by atoms with Crippen molar-refractivity contribution < 1.29 is 14.6 Å². The first-order valence-electron chi connectivity index (χ1n) is 10.5. The third-order valence-electron chi connectivity index (χ3n) is 6.05. The lowest BCUT2D eigenvalue weighted by atomic mass is 9.77. The maximum atomic E-state index is 12.4. The molecular weight excluding hydrogens is 352 g/mol. The second-order valence-electron chi connectivity index (χ2n) is 8.26. The summed E-state index contributed by atoms with van der Waals surface area (Å²) < 4.78 is 5.04. The molecule has 1 aliphatic heterocycles. The minimum Gasteiger partial charge on any atom is -0.395 e. The molecule has 0 radical (unpaired) electrons. The number of aliphatic hydroxyl groups excluding tert-OH is 1. The highest BCUT2D eigenvalue weighted by molar-refractivity contribution is 5.77. The number of aliphatic hydroxyl groups is 1. The van der Waals surface area contributed by atoms with Gasteiger partial charge in [-0.15, -0.1) is 0 Å². The molecule has 1 aromatic rings. The zero-order chi connectivity index (χ0) is 20.1. The average molecular weight is 387 g/mol. The van der Waals surface area contributed by atoms with Crippen LogP contribution in [0.25, 0.3) is 5.57 Å². The molecule has 0 spiro atoms. The van der Waals surface area contributed by atoms with Crippen molar-refractivity contribution in [2.24, 2.45) is 0 Å². The van der Waals surface area contributed by atoms with Crippen LogP contribution in [0.4, 0.5) is 0 Å². The van der Waals surface area contributed by atoms with Crippen LogP contribution in [0.5, 0.6) is 0 Å². The van der Waals surface area contributed by atoms with E-state index in [2.05, 4.69) is 35.7 Å². The zero-order valence-electron chi connectivity index (χ0n) is 17.4. The predicted octanol–water partition coefficient (Wildman–Crippen LogP) is 2.94. The van der Waals surface area contributed by atoms with Gasteiger partial charge in [0, 0.05) is 37.7 Å². The Labute approximate surface area is 168 Å². The normalized spacial score (nSPS) is 24.6. The number of ether oxygens (including phenoxy) is 1. The van der Waals surface area contributed by atoms with E-state index in [1.807, 2.05) is 18.7 Å². The van der Waals surface area contributed by atoms with E-state index in [0.29, 0.717) is 6.54 Å². The molecule has 0 bridgehead atoms. The van der Waals surface area contributed by atoms with Crippen molar-refractivity contribution in [1.82, 2.24) is 10.2 Å². The van der Waals surface area contributed by atoms with E-state index in [4.69, 9.17) is 4.74 Å². The van der Waals surface area contributed by atoms with Crippen LogP contribution >= 0.6 is 0 Å². The largest absolute Gasteiger partial charge is 0.395 e. The smallest absolute Gasteiger partial charge is 0.248 e. The number of allylic oxidation sites excluding steroid dienone is 2. The fraction of sp³-hybridized carbons (Fsp3) is 0.609. The number of nitrogens with one attached hydrogen (secondary N) is 1. The van der Waals surface area contributed by atoms with Crippen LogP contribution in [0.3, 0.4) is 0 Å². The van der Waals surface area contributed by atoms with E-state index in [1.165, 1.54) is 36.0 Å². The Bertz CT molecular complexity index is 684. The summed E-state index contributed by atoms with van der Waals surface area (Å²) in [6.07, 6.45) is 7.28. The fourth-order valence-corrected chi connectivity index (χ4v) is 4.48. The number of nitrogens with zero attached hydrogens (tertiary/aromatic N) is 1. The van der Waals surface area contributed by atoms with E-state index in [0.717, 1.165) is 6.42 Å².